The van der Waals surface area contributed by atoms with Crippen molar-refractivity contribution in [1.82, 2.24) is 19.5 Å². The lowest BCUT2D eigenvalue weighted by atomic mass is 9.94. The van der Waals surface area contributed by atoms with Gasteiger partial charge in [0.05, 0.1) is 5.56 Å². The summed E-state index contributed by atoms with van der Waals surface area (Å²) in [7, 11) is 2.15. The van der Waals surface area contributed by atoms with E-state index in [9.17, 15) is 4.79 Å². The van der Waals surface area contributed by atoms with Gasteiger partial charge in [-0.3, -0.25) is 0 Å². The Labute approximate surface area is 117 Å². The average molecular weight is 274 g/mol. The van der Waals surface area contributed by atoms with Gasteiger partial charge < -0.3 is 10.0 Å². The van der Waals surface area contributed by atoms with E-state index in [1.165, 1.54) is 19.0 Å². The maximum absolute atomic E-state index is 10.9. The van der Waals surface area contributed by atoms with Gasteiger partial charge in [0.15, 0.2) is 11.5 Å². The highest BCUT2D eigenvalue weighted by Gasteiger charge is 2.19. The van der Waals surface area contributed by atoms with E-state index in [1.54, 1.807) is 16.6 Å². The molecule has 6 nitrogen and oxygen atoms in total. The van der Waals surface area contributed by atoms with Crippen molar-refractivity contribution in [2.45, 2.75) is 19.3 Å². The fourth-order valence-electron chi connectivity index (χ4n) is 2.67. The predicted octanol–water partition coefficient (Wildman–Crippen LogP) is 1.31. The number of pyridine rings is 1. The van der Waals surface area contributed by atoms with Crippen LogP contribution < -0.4 is 0 Å². The van der Waals surface area contributed by atoms with Crippen molar-refractivity contribution in [3.8, 4) is 0 Å². The second-order valence-corrected chi connectivity index (χ2v) is 5.50. The quantitative estimate of drug-likeness (QED) is 0.913. The summed E-state index contributed by atoms with van der Waals surface area (Å²) in [5, 5.41) is 13.4. The molecule has 2 aromatic heterocycles. The zero-order valence-electron chi connectivity index (χ0n) is 11.5. The van der Waals surface area contributed by atoms with Gasteiger partial charge in [-0.2, -0.15) is 5.10 Å². The number of piperidine rings is 1. The fraction of sp³-hybridized carbons (Fsp3) is 0.500. The number of aromatic nitrogens is 3. The molecule has 1 aliphatic heterocycles. The Morgan fingerprint density at radius 3 is 2.85 bits per heavy atom. The molecule has 0 amide bonds. The maximum Gasteiger partial charge on any atom is 0.337 e. The van der Waals surface area contributed by atoms with Gasteiger partial charge in [0.25, 0.3) is 0 Å². The van der Waals surface area contributed by atoms with Gasteiger partial charge in [0, 0.05) is 12.6 Å². The van der Waals surface area contributed by atoms with Crippen molar-refractivity contribution >= 4 is 11.6 Å². The summed E-state index contributed by atoms with van der Waals surface area (Å²) in [6, 6.07) is 3.26. The fourth-order valence-corrected chi connectivity index (χ4v) is 2.67. The van der Waals surface area contributed by atoms with E-state index >= 15 is 0 Å². The van der Waals surface area contributed by atoms with Crippen molar-refractivity contribution in [1.29, 1.82) is 0 Å². The molecule has 1 N–H and O–H groups in total. The highest BCUT2D eigenvalue weighted by atomic mass is 16.4. The smallest absolute Gasteiger partial charge is 0.337 e. The van der Waals surface area contributed by atoms with Gasteiger partial charge in [-0.15, -0.1) is 0 Å². The van der Waals surface area contributed by atoms with Crippen molar-refractivity contribution in [2.75, 3.05) is 20.1 Å². The molecule has 20 heavy (non-hydrogen) atoms. The number of hydrogen-bond donors (Lipinski definition) is 1. The Hall–Kier alpha value is -1.95. The highest BCUT2D eigenvalue weighted by Crippen LogP contribution is 2.19. The largest absolute Gasteiger partial charge is 0.478 e. The SMILES string of the molecule is CN1CCC(Cc2nc3ccc(C(=O)O)cn3n2)CC1. The number of aromatic carboxylic acids is 1. The molecule has 2 aromatic rings. The number of rotatable bonds is 3. The standard InChI is InChI=1S/C14H18N4O2/c1-17-6-4-10(5-7-17)8-12-15-13-3-2-11(14(19)20)9-18(13)16-12/h2-3,9-10H,4-8H2,1H3,(H,19,20). The van der Waals surface area contributed by atoms with Gasteiger partial charge in [-0.05, 0) is 51.0 Å². The van der Waals surface area contributed by atoms with Crippen LogP contribution in [0.2, 0.25) is 0 Å². The van der Waals surface area contributed by atoms with E-state index in [4.69, 9.17) is 5.11 Å². The first-order chi connectivity index (χ1) is 9.61. The number of fused-ring (bicyclic) bond motifs is 1. The van der Waals surface area contributed by atoms with E-state index < -0.39 is 5.97 Å². The van der Waals surface area contributed by atoms with E-state index in [-0.39, 0.29) is 5.56 Å². The van der Waals surface area contributed by atoms with Crippen LogP contribution in [-0.2, 0) is 6.42 Å². The molecule has 106 valence electrons. The number of carboxylic acids is 1. The molecule has 1 fully saturated rings. The lowest BCUT2D eigenvalue weighted by Crippen LogP contribution is -2.31. The molecular formula is C14H18N4O2. The maximum atomic E-state index is 10.9. The third-order valence-electron chi connectivity index (χ3n) is 3.93. The van der Waals surface area contributed by atoms with E-state index in [2.05, 4.69) is 22.0 Å². The molecule has 0 atom stereocenters. The molecule has 1 saturated heterocycles. The normalized spacial score (nSPS) is 17.6. The van der Waals surface area contributed by atoms with Gasteiger partial charge in [-0.25, -0.2) is 14.3 Å². The summed E-state index contributed by atoms with van der Waals surface area (Å²) < 4.78 is 1.56. The van der Waals surface area contributed by atoms with Gasteiger partial charge in [-0.1, -0.05) is 0 Å². The zero-order valence-corrected chi connectivity index (χ0v) is 11.5. The third kappa shape index (κ3) is 2.65. The molecule has 0 radical (unpaired) electrons. The van der Waals surface area contributed by atoms with Gasteiger partial charge in [0.2, 0.25) is 0 Å². The van der Waals surface area contributed by atoms with Crippen LogP contribution in [0.25, 0.3) is 5.65 Å². The highest BCUT2D eigenvalue weighted by molar-refractivity contribution is 5.87. The third-order valence-corrected chi connectivity index (χ3v) is 3.93. The summed E-state index contributed by atoms with van der Waals surface area (Å²) in [4.78, 5) is 17.7. The number of nitrogens with zero attached hydrogens (tertiary/aromatic N) is 4. The van der Waals surface area contributed by atoms with Crippen LogP contribution in [-0.4, -0.2) is 50.7 Å². The van der Waals surface area contributed by atoms with Crippen LogP contribution in [0, 0.1) is 5.92 Å². The second kappa shape index (κ2) is 5.20. The molecule has 0 saturated carbocycles. The molecule has 0 unspecified atom stereocenters. The minimum absolute atomic E-state index is 0.230. The van der Waals surface area contributed by atoms with Gasteiger partial charge in [0.1, 0.15) is 0 Å². The summed E-state index contributed by atoms with van der Waals surface area (Å²) in [5.74, 6) is 0.490. The number of carbonyl (C=O) groups is 1. The van der Waals surface area contributed by atoms with Crippen molar-refractivity contribution in [3.05, 3.63) is 29.7 Å². The molecule has 3 heterocycles. The number of carboxylic acid groups (broad SMARTS) is 1. The van der Waals surface area contributed by atoms with Crippen LogP contribution in [0.4, 0.5) is 0 Å². The first-order valence-electron chi connectivity index (χ1n) is 6.89. The Morgan fingerprint density at radius 1 is 1.40 bits per heavy atom. The molecule has 3 rings (SSSR count). The lowest BCUT2D eigenvalue weighted by molar-refractivity contribution is 0.0696. The Kier molecular flexibility index (Phi) is 3.40. The molecule has 1 aliphatic rings. The molecule has 6 heteroatoms. The van der Waals surface area contributed by atoms with Crippen molar-refractivity contribution in [2.24, 2.45) is 5.92 Å². The Morgan fingerprint density at radius 2 is 2.15 bits per heavy atom. The van der Waals surface area contributed by atoms with Crippen LogP contribution in [0.15, 0.2) is 18.3 Å². The summed E-state index contributed by atoms with van der Waals surface area (Å²) in [5.41, 5.74) is 0.936. The average Bonchev–Trinajstić information content (AvgIpc) is 2.82. The van der Waals surface area contributed by atoms with E-state index in [0.717, 1.165) is 25.3 Å². The minimum atomic E-state index is -0.945. The topological polar surface area (TPSA) is 70.7 Å². The Bertz CT molecular complexity index is 629. The van der Waals surface area contributed by atoms with E-state index in [1.807, 2.05) is 0 Å². The molecule has 0 aliphatic carbocycles. The predicted molar refractivity (Wildman–Crippen MR) is 73.9 cm³/mol. The lowest BCUT2D eigenvalue weighted by Gasteiger charge is -2.28. The molecule has 0 spiro atoms. The Balaban J connectivity index is 1.77. The second-order valence-electron chi connectivity index (χ2n) is 5.50. The monoisotopic (exact) mass is 274 g/mol. The summed E-state index contributed by atoms with van der Waals surface area (Å²) >= 11 is 0. The van der Waals surface area contributed by atoms with Crippen LogP contribution in [0.5, 0.6) is 0 Å². The first kappa shape index (κ1) is 13.1. The number of likely N-dealkylation sites (tertiary alicyclic amines) is 1. The minimum Gasteiger partial charge on any atom is -0.478 e. The van der Waals surface area contributed by atoms with E-state index in [0.29, 0.717) is 11.6 Å². The molecule has 0 bridgehead atoms. The molecular weight excluding hydrogens is 256 g/mol. The van der Waals surface area contributed by atoms with Crippen LogP contribution in [0.1, 0.15) is 29.0 Å². The van der Waals surface area contributed by atoms with Crippen molar-refractivity contribution in [3.63, 3.8) is 0 Å². The number of hydrogen-bond acceptors (Lipinski definition) is 4. The summed E-state index contributed by atoms with van der Waals surface area (Å²) in [6.45, 7) is 2.25. The molecule has 0 aromatic carbocycles. The zero-order chi connectivity index (χ0) is 14.1. The van der Waals surface area contributed by atoms with Crippen LogP contribution >= 0.6 is 0 Å². The van der Waals surface area contributed by atoms with Crippen molar-refractivity contribution < 1.29 is 9.90 Å². The van der Waals surface area contributed by atoms with Crippen LogP contribution in [0.3, 0.4) is 0 Å². The first-order valence-corrected chi connectivity index (χ1v) is 6.89. The van der Waals surface area contributed by atoms with Gasteiger partial charge >= 0.3 is 5.97 Å². The summed E-state index contributed by atoms with van der Waals surface area (Å²) in [6.07, 6.45) is 4.74.